The van der Waals surface area contributed by atoms with Crippen molar-refractivity contribution in [3.63, 3.8) is 0 Å². The van der Waals surface area contributed by atoms with Crippen LogP contribution in [0.15, 0.2) is 53.4 Å². The number of hydrogen-bond donors (Lipinski definition) is 1. The van der Waals surface area contributed by atoms with Gasteiger partial charge in [0.1, 0.15) is 5.75 Å². The van der Waals surface area contributed by atoms with Crippen LogP contribution in [0.5, 0.6) is 5.75 Å². The second-order valence-corrected chi connectivity index (χ2v) is 10.3. The number of amides is 1. The fourth-order valence-corrected chi connectivity index (χ4v) is 6.11. The summed E-state index contributed by atoms with van der Waals surface area (Å²) in [7, 11) is -3.51. The third-order valence-electron chi connectivity index (χ3n) is 6.11. The normalized spacial score (nSPS) is 19.8. The fraction of sp³-hybridized carbons (Fsp3) is 0.458. The maximum Gasteiger partial charge on any atom is 0.243 e. The second-order valence-electron chi connectivity index (χ2n) is 8.32. The van der Waals surface area contributed by atoms with Crippen LogP contribution in [0.4, 0.5) is 5.69 Å². The van der Waals surface area contributed by atoms with Crippen molar-refractivity contribution in [2.45, 2.75) is 43.5 Å². The number of hydrogen-bond acceptors (Lipinski definition) is 5. The SMILES string of the molecule is CCOc1ccc([C@@H]2CCCN2CC(=O)Nc2cccc(S(=O)(=O)N3CCCC3)c2)cc1. The van der Waals surface area contributed by atoms with Gasteiger partial charge < -0.3 is 10.1 Å². The second kappa shape index (κ2) is 10.0. The topological polar surface area (TPSA) is 79.0 Å². The Morgan fingerprint density at radius 2 is 1.81 bits per heavy atom. The average molecular weight is 458 g/mol. The van der Waals surface area contributed by atoms with E-state index >= 15 is 0 Å². The van der Waals surface area contributed by atoms with Crippen LogP contribution in [-0.4, -0.2) is 56.3 Å². The zero-order valence-electron chi connectivity index (χ0n) is 18.5. The number of ether oxygens (including phenoxy) is 1. The highest BCUT2D eigenvalue weighted by Gasteiger charge is 2.29. The molecule has 2 aromatic rings. The Bertz CT molecular complexity index is 1030. The minimum atomic E-state index is -3.51. The Balaban J connectivity index is 1.40. The van der Waals surface area contributed by atoms with E-state index in [1.807, 2.05) is 19.1 Å². The molecule has 0 aromatic heterocycles. The molecule has 7 nitrogen and oxygen atoms in total. The molecule has 172 valence electrons. The summed E-state index contributed by atoms with van der Waals surface area (Å²) in [5.74, 6) is 0.709. The molecule has 0 bridgehead atoms. The first-order chi connectivity index (χ1) is 15.5. The first kappa shape index (κ1) is 22.8. The van der Waals surface area contributed by atoms with Gasteiger partial charge >= 0.3 is 0 Å². The monoisotopic (exact) mass is 457 g/mol. The van der Waals surface area contributed by atoms with Gasteiger partial charge in [0.05, 0.1) is 18.0 Å². The van der Waals surface area contributed by atoms with Gasteiger partial charge in [-0.25, -0.2) is 8.42 Å². The summed E-state index contributed by atoms with van der Waals surface area (Å²) in [4.78, 5) is 15.2. The lowest BCUT2D eigenvalue weighted by atomic mass is 10.0. The summed E-state index contributed by atoms with van der Waals surface area (Å²) in [5.41, 5.74) is 1.68. The molecule has 4 rings (SSSR count). The molecule has 0 saturated carbocycles. The van der Waals surface area contributed by atoms with Gasteiger partial charge in [0.25, 0.3) is 0 Å². The molecule has 0 unspecified atom stereocenters. The minimum absolute atomic E-state index is 0.140. The van der Waals surface area contributed by atoms with E-state index < -0.39 is 10.0 Å². The van der Waals surface area contributed by atoms with Crippen LogP contribution in [0.25, 0.3) is 0 Å². The Kier molecular flexibility index (Phi) is 7.13. The molecular formula is C24H31N3O4S. The molecule has 8 heteroatoms. The number of carbonyl (C=O) groups is 1. The highest BCUT2D eigenvalue weighted by molar-refractivity contribution is 7.89. The van der Waals surface area contributed by atoms with Crippen LogP contribution in [0.1, 0.15) is 44.2 Å². The van der Waals surface area contributed by atoms with Crippen LogP contribution in [0.3, 0.4) is 0 Å². The lowest BCUT2D eigenvalue weighted by Gasteiger charge is -2.24. The summed E-state index contributed by atoms with van der Waals surface area (Å²) in [5, 5.41) is 2.89. The number of likely N-dealkylation sites (tertiary alicyclic amines) is 1. The zero-order chi connectivity index (χ0) is 22.6. The van der Waals surface area contributed by atoms with Gasteiger partial charge in [-0.1, -0.05) is 18.2 Å². The van der Waals surface area contributed by atoms with E-state index in [2.05, 4.69) is 22.3 Å². The van der Waals surface area contributed by atoms with Gasteiger partial charge in [0.2, 0.25) is 15.9 Å². The van der Waals surface area contributed by atoms with E-state index in [1.54, 1.807) is 24.3 Å². The first-order valence-electron chi connectivity index (χ1n) is 11.3. The van der Waals surface area contributed by atoms with Crippen molar-refractivity contribution < 1.29 is 17.9 Å². The van der Waals surface area contributed by atoms with E-state index in [0.29, 0.717) is 25.4 Å². The Labute approximate surface area is 190 Å². The Morgan fingerprint density at radius 1 is 1.06 bits per heavy atom. The predicted molar refractivity (Wildman–Crippen MR) is 124 cm³/mol. The molecular weight excluding hydrogens is 426 g/mol. The minimum Gasteiger partial charge on any atom is -0.494 e. The smallest absolute Gasteiger partial charge is 0.243 e. The maximum atomic E-state index is 12.8. The van der Waals surface area contributed by atoms with Crippen LogP contribution in [0, 0.1) is 0 Å². The number of nitrogens with zero attached hydrogens (tertiary/aromatic N) is 2. The Morgan fingerprint density at radius 3 is 2.53 bits per heavy atom. The van der Waals surface area contributed by atoms with E-state index in [-0.39, 0.29) is 23.4 Å². The first-order valence-corrected chi connectivity index (χ1v) is 12.8. The number of rotatable bonds is 8. The van der Waals surface area contributed by atoms with E-state index in [9.17, 15) is 13.2 Å². The molecule has 2 fully saturated rings. The van der Waals surface area contributed by atoms with Crippen LogP contribution < -0.4 is 10.1 Å². The standard InChI is InChI=1S/C24H31N3O4S/c1-2-31-21-12-10-19(11-13-21)23-9-6-14-26(23)18-24(28)25-20-7-5-8-22(17-20)32(29,30)27-15-3-4-16-27/h5,7-8,10-13,17,23H,2-4,6,9,14-16,18H2,1H3,(H,25,28)/t23-/m0/s1. The molecule has 1 amide bonds. The lowest BCUT2D eigenvalue weighted by molar-refractivity contribution is -0.117. The van der Waals surface area contributed by atoms with Gasteiger partial charge in [0.15, 0.2) is 0 Å². The zero-order valence-corrected chi connectivity index (χ0v) is 19.3. The van der Waals surface area contributed by atoms with Gasteiger partial charge in [-0.3, -0.25) is 9.69 Å². The van der Waals surface area contributed by atoms with Crippen molar-refractivity contribution in [2.75, 3.05) is 38.1 Å². The number of benzene rings is 2. The van der Waals surface area contributed by atoms with Crippen LogP contribution in [0.2, 0.25) is 0 Å². The molecule has 2 aliphatic rings. The lowest BCUT2D eigenvalue weighted by Crippen LogP contribution is -2.33. The molecule has 0 aliphatic carbocycles. The molecule has 2 saturated heterocycles. The quantitative estimate of drug-likeness (QED) is 0.655. The molecule has 2 heterocycles. The summed E-state index contributed by atoms with van der Waals surface area (Å²) in [6, 6.07) is 14.8. The molecule has 2 aromatic carbocycles. The third kappa shape index (κ3) is 5.14. The maximum absolute atomic E-state index is 12.8. The van der Waals surface area contributed by atoms with Gasteiger partial charge in [0, 0.05) is 24.8 Å². The molecule has 0 radical (unpaired) electrons. The summed E-state index contributed by atoms with van der Waals surface area (Å²) >= 11 is 0. The average Bonchev–Trinajstić information content (AvgIpc) is 3.47. The highest BCUT2D eigenvalue weighted by Crippen LogP contribution is 2.32. The number of carbonyl (C=O) groups excluding carboxylic acids is 1. The molecule has 1 atom stereocenters. The van der Waals surface area contributed by atoms with Crippen LogP contribution in [-0.2, 0) is 14.8 Å². The van der Waals surface area contributed by atoms with Crippen molar-refractivity contribution >= 4 is 21.6 Å². The van der Waals surface area contributed by atoms with Crippen molar-refractivity contribution in [1.82, 2.24) is 9.21 Å². The van der Waals surface area contributed by atoms with E-state index in [0.717, 1.165) is 38.0 Å². The number of anilines is 1. The number of sulfonamides is 1. The number of nitrogens with one attached hydrogen (secondary N) is 1. The predicted octanol–water partition coefficient (Wildman–Crippen LogP) is 3.65. The van der Waals surface area contributed by atoms with Gasteiger partial charge in [-0.15, -0.1) is 0 Å². The fourth-order valence-electron chi connectivity index (χ4n) is 4.54. The Hall–Kier alpha value is -2.42. The molecule has 1 N–H and O–H groups in total. The van der Waals surface area contributed by atoms with E-state index in [4.69, 9.17) is 4.74 Å². The van der Waals surface area contributed by atoms with Crippen molar-refractivity contribution in [1.29, 1.82) is 0 Å². The highest BCUT2D eigenvalue weighted by atomic mass is 32.2. The summed E-state index contributed by atoms with van der Waals surface area (Å²) < 4.78 is 32.7. The van der Waals surface area contributed by atoms with Crippen LogP contribution >= 0.6 is 0 Å². The molecule has 0 spiro atoms. The van der Waals surface area contributed by atoms with Gasteiger partial charge in [-0.2, -0.15) is 4.31 Å². The van der Waals surface area contributed by atoms with Crippen molar-refractivity contribution in [2.24, 2.45) is 0 Å². The van der Waals surface area contributed by atoms with Gasteiger partial charge in [-0.05, 0) is 75.0 Å². The summed E-state index contributed by atoms with van der Waals surface area (Å²) in [6.45, 7) is 4.83. The van der Waals surface area contributed by atoms with Crippen molar-refractivity contribution in [3.8, 4) is 5.75 Å². The third-order valence-corrected chi connectivity index (χ3v) is 8.00. The van der Waals surface area contributed by atoms with Crippen molar-refractivity contribution in [3.05, 3.63) is 54.1 Å². The summed E-state index contributed by atoms with van der Waals surface area (Å²) in [6.07, 6.45) is 3.82. The largest absolute Gasteiger partial charge is 0.494 e. The molecule has 32 heavy (non-hydrogen) atoms. The van der Waals surface area contributed by atoms with E-state index in [1.165, 1.54) is 9.87 Å². The molecule has 2 aliphatic heterocycles.